The van der Waals surface area contributed by atoms with Crippen molar-refractivity contribution in [1.29, 1.82) is 0 Å². The Morgan fingerprint density at radius 2 is 1.11 bits per heavy atom. The maximum Gasteiger partial charge on any atom is 0.481 e. The zero-order valence-corrected chi connectivity index (χ0v) is 16.9. The van der Waals surface area contributed by atoms with Gasteiger partial charge in [0.2, 0.25) is 0 Å². The topological polar surface area (TPSA) is 155 Å². The van der Waals surface area contributed by atoms with Crippen molar-refractivity contribution < 1.29 is 51.3 Å². The molecule has 0 aliphatic heterocycles. The zero-order valence-electron chi connectivity index (χ0n) is 15.1. The maximum absolute atomic E-state index is 11.6. The lowest BCUT2D eigenvalue weighted by Gasteiger charge is -2.16. The first-order valence-electron chi connectivity index (χ1n) is 7.67. The Bertz CT molecular complexity index is 589. The van der Waals surface area contributed by atoms with E-state index in [-0.39, 0.29) is 50.4 Å². The summed E-state index contributed by atoms with van der Waals surface area (Å²) < 4.78 is 45.7. The molecule has 0 saturated carbocycles. The van der Waals surface area contributed by atoms with Gasteiger partial charge in [-0.3, -0.25) is 9.05 Å². The lowest BCUT2D eigenvalue weighted by molar-refractivity contribution is -0.140. The standard InChI is InChI=1S/C14H24O11P2/c1-11(2)13(15)21-7-5-9-23-26(17,18)25-27(19,20)24-10-6-8-22-14(16)12(3)4/h1,3,5-10H2,2,4H3,(H,17,18)(H,19,20). The summed E-state index contributed by atoms with van der Waals surface area (Å²) in [5, 5.41) is 0. The smallest absolute Gasteiger partial charge is 0.462 e. The van der Waals surface area contributed by atoms with Gasteiger partial charge in [0.15, 0.2) is 0 Å². The molecule has 27 heavy (non-hydrogen) atoms. The van der Waals surface area contributed by atoms with E-state index in [9.17, 15) is 28.5 Å². The van der Waals surface area contributed by atoms with Gasteiger partial charge in [-0.25, -0.2) is 18.7 Å². The maximum atomic E-state index is 11.6. The number of hydrogen-bond donors (Lipinski definition) is 2. The number of rotatable bonds is 14. The van der Waals surface area contributed by atoms with Crippen LogP contribution in [-0.4, -0.2) is 48.2 Å². The number of carbonyl (C=O) groups is 2. The van der Waals surface area contributed by atoms with Gasteiger partial charge in [-0.05, 0) is 13.8 Å². The van der Waals surface area contributed by atoms with Crippen LogP contribution in [0.1, 0.15) is 26.7 Å². The monoisotopic (exact) mass is 430 g/mol. The Balaban J connectivity index is 4.07. The molecule has 11 nitrogen and oxygen atoms in total. The molecular weight excluding hydrogens is 406 g/mol. The SMILES string of the molecule is C=C(C)C(=O)OCCCOP(=O)(O)OP(=O)(O)OCCCOC(=O)C(=C)C. The van der Waals surface area contributed by atoms with Gasteiger partial charge < -0.3 is 19.3 Å². The highest BCUT2D eigenvalue weighted by molar-refractivity contribution is 7.61. The van der Waals surface area contributed by atoms with Gasteiger partial charge in [0, 0.05) is 24.0 Å². The zero-order chi connectivity index (χ0) is 21.1. The first kappa shape index (κ1) is 25.7. The lowest BCUT2D eigenvalue weighted by atomic mass is 10.4. The van der Waals surface area contributed by atoms with E-state index < -0.39 is 27.6 Å². The Kier molecular flexibility index (Phi) is 11.6. The van der Waals surface area contributed by atoms with Gasteiger partial charge in [0.05, 0.1) is 26.4 Å². The molecule has 156 valence electrons. The number of ether oxygens (including phenoxy) is 2. The molecule has 0 spiro atoms. The fraction of sp³-hybridized carbons (Fsp3) is 0.571. The van der Waals surface area contributed by atoms with Gasteiger partial charge in [-0.2, -0.15) is 4.31 Å². The van der Waals surface area contributed by atoms with Crippen LogP contribution in [0.3, 0.4) is 0 Å². The Hall–Kier alpha value is -1.32. The molecule has 0 heterocycles. The number of phosphoric acid groups is 2. The molecule has 0 aliphatic rings. The van der Waals surface area contributed by atoms with Gasteiger partial charge in [0.1, 0.15) is 0 Å². The average Bonchev–Trinajstić information content (AvgIpc) is 2.52. The molecule has 0 amide bonds. The summed E-state index contributed by atoms with van der Waals surface area (Å²) in [5.41, 5.74) is 0.389. The van der Waals surface area contributed by atoms with Gasteiger partial charge in [-0.15, -0.1) is 0 Å². The minimum Gasteiger partial charge on any atom is -0.462 e. The highest BCUT2D eigenvalue weighted by Crippen LogP contribution is 2.60. The molecule has 0 rings (SSSR count). The molecule has 0 fully saturated rings. The number of carbonyl (C=O) groups excluding carboxylic acids is 2. The first-order valence-corrected chi connectivity index (χ1v) is 10.7. The molecule has 0 aromatic heterocycles. The number of hydrogen-bond acceptors (Lipinski definition) is 9. The second kappa shape index (κ2) is 12.2. The molecule has 0 aromatic rings. The molecule has 2 N–H and O–H groups in total. The molecular formula is C14H24O11P2. The Morgan fingerprint density at radius 3 is 1.41 bits per heavy atom. The fourth-order valence-corrected chi connectivity index (χ4v) is 3.37. The summed E-state index contributed by atoms with van der Waals surface area (Å²) in [7, 11) is -9.75. The van der Waals surface area contributed by atoms with Crippen molar-refractivity contribution in [3.8, 4) is 0 Å². The minimum atomic E-state index is -4.87. The van der Waals surface area contributed by atoms with Crippen molar-refractivity contribution in [2.24, 2.45) is 0 Å². The highest BCUT2D eigenvalue weighted by Gasteiger charge is 2.35. The summed E-state index contributed by atoms with van der Waals surface area (Å²) >= 11 is 0. The van der Waals surface area contributed by atoms with E-state index in [2.05, 4.69) is 26.5 Å². The third-order valence-corrected chi connectivity index (χ3v) is 5.12. The van der Waals surface area contributed by atoms with E-state index >= 15 is 0 Å². The third-order valence-electron chi connectivity index (χ3n) is 2.46. The van der Waals surface area contributed by atoms with Crippen molar-refractivity contribution in [1.82, 2.24) is 0 Å². The van der Waals surface area contributed by atoms with Crippen LogP contribution in [0, 0.1) is 0 Å². The predicted octanol–water partition coefficient (Wildman–Crippen LogP) is 2.26. The summed E-state index contributed by atoms with van der Waals surface area (Å²) in [5.74, 6) is -1.25. The molecule has 0 saturated heterocycles. The predicted molar refractivity (Wildman–Crippen MR) is 93.4 cm³/mol. The molecule has 0 radical (unpaired) electrons. The van der Waals surface area contributed by atoms with Gasteiger partial charge in [-0.1, -0.05) is 13.2 Å². The first-order chi connectivity index (χ1) is 12.4. The van der Waals surface area contributed by atoms with E-state index in [1.807, 2.05) is 0 Å². The molecule has 2 unspecified atom stereocenters. The van der Waals surface area contributed by atoms with Crippen molar-refractivity contribution in [2.45, 2.75) is 26.7 Å². The molecule has 13 heteroatoms. The van der Waals surface area contributed by atoms with Gasteiger partial charge >= 0.3 is 27.6 Å². The van der Waals surface area contributed by atoms with Crippen molar-refractivity contribution in [2.75, 3.05) is 26.4 Å². The summed E-state index contributed by atoms with van der Waals surface area (Å²) in [4.78, 5) is 41.0. The van der Waals surface area contributed by atoms with Crippen molar-refractivity contribution in [3.63, 3.8) is 0 Å². The van der Waals surface area contributed by atoms with Crippen molar-refractivity contribution in [3.05, 3.63) is 24.3 Å². The Morgan fingerprint density at radius 1 is 0.778 bits per heavy atom. The fourth-order valence-electron chi connectivity index (χ4n) is 1.23. The molecule has 0 bridgehead atoms. The van der Waals surface area contributed by atoms with E-state index in [4.69, 9.17) is 9.47 Å². The number of esters is 2. The molecule has 0 aromatic carbocycles. The van der Waals surface area contributed by atoms with E-state index in [0.717, 1.165) is 0 Å². The third kappa shape index (κ3) is 13.5. The quantitative estimate of drug-likeness (QED) is 0.180. The normalized spacial score (nSPS) is 15.3. The van der Waals surface area contributed by atoms with Crippen LogP contribution < -0.4 is 0 Å². The van der Waals surface area contributed by atoms with E-state index in [0.29, 0.717) is 0 Å². The largest absolute Gasteiger partial charge is 0.481 e. The lowest BCUT2D eigenvalue weighted by Crippen LogP contribution is -2.09. The summed E-state index contributed by atoms with van der Waals surface area (Å²) in [6.45, 7) is 8.68. The summed E-state index contributed by atoms with van der Waals surface area (Å²) in [6.07, 6.45) is 0.0786. The molecule has 2 atom stereocenters. The number of phosphoric ester groups is 2. The van der Waals surface area contributed by atoms with Crippen LogP contribution in [-0.2, 0) is 41.6 Å². The van der Waals surface area contributed by atoms with Crippen LogP contribution in [0.4, 0.5) is 0 Å². The minimum absolute atomic E-state index is 0.0393. The van der Waals surface area contributed by atoms with Crippen LogP contribution in [0.2, 0.25) is 0 Å². The average molecular weight is 430 g/mol. The van der Waals surface area contributed by atoms with E-state index in [1.165, 1.54) is 13.8 Å². The van der Waals surface area contributed by atoms with E-state index in [1.54, 1.807) is 0 Å². The van der Waals surface area contributed by atoms with Crippen LogP contribution in [0.25, 0.3) is 0 Å². The Labute approximate surface area is 157 Å². The second-order valence-corrected chi connectivity index (χ2v) is 8.27. The van der Waals surface area contributed by atoms with Gasteiger partial charge in [0.25, 0.3) is 0 Å². The van der Waals surface area contributed by atoms with Crippen LogP contribution in [0.15, 0.2) is 24.3 Å². The molecule has 0 aliphatic carbocycles. The summed E-state index contributed by atoms with van der Waals surface area (Å²) in [6, 6.07) is 0. The van der Waals surface area contributed by atoms with Crippen molar-refractivity contribution >= 4 is 27.6 Å². The van der Waals surface area contributed by atoms with Crippen LogP contribution >= 0.6 is 15.6 Å². The van der Waals surface area contributed by atoms with Crippen LogP contribution in [0.5, 0.6) is 0 Å². The second-order valence-electron chi connectivity index (χ2n) is 5.22. The highest BCUT2D eigenvalue weighted by atomic mass is 31.3.